The number of likely N-dealkylation sites (tertiary alicyclic amines) is 3. The molecule has 3 aliphatic rings. The number of carbonyl (C=O) groups is 2. The Bertz CT molecular complexity index is 837. The lowest BCUT2D eigenvalue weighted by Gasteiger charge is -2.46. The standard InChI is InChI=1S/C24H35FN4O2/c1-18(2)15-28-16-23(24(17-28)9-10-27(3)21(24)30)7-11-29(12-8-23)22(31)26-14-19-5-4-6-20(25)13-19/h4-6,13,18H,7-12,14-17H2,1-3H3,(H,26,31)/t24-/m1/s1. The van der Waals surface area contributed by atoms with Gasteiger partial charge in [0.2, 0.25) is 5.91 Å². The molecule has 0 bridgehead atoms. The van der Waals surface area contributed by atoms with Crippen molar-refractivity contribution in [3.05, 3.63) is 35.6 Å². The lowest BCUT2D eigenvalue weighted by Crippen LogP contribution is -2.54. The summed E-state index contributed by atoms with van der Waals surface area (Å²) in [6, 6.07) is 6.19. The van der Waals surface area contributed by atoms with E-state index in [1.54, 1.807) is 6.07 Å². The number of urea groups is 1. The highest BCUT2D eigenvalue weighted by atomic mass is 19.1. The lowest BCUT2D eigenvalue weighted by atomic mass is 9.60. The van der Waals surface area contributed by atoms with Gasteiger partial charge in [-0.25, -0.2) is 9.18 Å². The number of fused-ring (bicyclic) bond motifs is 1. The fourth-order valence-corrected chi connectivity index (χ4v) is 6.11. The minimum Gasteiger partial charge on any atom is -0.345 e. The van der Waals surface area contributed by atoms with Crippen molar-refractivity contribution in [2.75, 3.05) is 46.3 Å². The molecule has 6 nitrogen and oxygen atoms in total. The minimum atomic E-state index is -0.305. The van der Waals surface area contributed by atoms with Crippen LogP contribution >= 0.6 is 0 Å². The molecule has 0 aliphatic carbocycles. The topological polar surface area (TPSA) is 55.9 Å². The van der Waals surface area contributed by atoms with Gasteiger partial charge in [-0.1, -0.05) is 26.0 Å². The number of halogens is 1. The van der Waals surface area contributed by atoms with Gasteiger partial charge in [0, 0.05) is 58.3 Å². The van der Waals surface area contributed by atoms with Crippen molar-refractivity contribution in [3.63, 3.8) is 0 Å². The third-order valence-electron chi connectivity index (χ3n) is 7.63. The van der Waals surface area contributed by atoms with E-state index in [0.29, 0.717) is 31.5 Å². The average Bonchev–Trinajstić information content (AvgIpc) is 3.18. The quantitative estimate of drug-likeness (QED) is 0.799. The molecule has 3 saturated heterocycles. The molecule has 1 atom stereocenters. The number of hydrogen-bond acceptors (Lipinski definition) is 3. The van der Waals surface area contributed by atoms with Crippen molar-refractivity contribution < 1.29 is 14.0 Å². The smallest absolute Gasteiger partial charge is 0.317 e. The molecular weight excluding hydrogens is 395 g/mol. The summed E-state index contributed by atoms with van der Waals surface area (Å²) in [4.78, 5) is 32.3. The van der Waals surface area contributed by atoms with Gasteiger partial charge >= 0.3 is 6.03 Å². The minimum absolute atomic E-state index is 0.0525. The van der Waals surface area contributed by atoms with Crippen LogP contribution in [0, 0.1) is 22.6 Å². The highest BCUT2D eigenvalue weighted by Crippen LogP contribution is 2.57. The molecule has 7 heteroatoms. The molecule has 0 aromatic heterocycles. The molecule has 4 rings (SSSR count). The van der Waals surface area contributed by atoms with Crippen molar-refractivity contribution in [2.45, 2.75) is 39.7 Å². The van der Waals surface area contributed by atoms with Gasteiger partial charge in [0.15, 0.2) is 0 Å². The fourth-order valence-electron chi connectivity index (χ4n) is 6.11. The summed E-state index contributed by atoms with van der Waals surface area (Å²) >= 11 is 0. The van der Waals surface area contributed by atoms with Crippen LogP contribution in [0.25, 0.3) is 0 Å². The van der Waals surface area contributed by atoms with Crippen molar-refractivity contribution in [1.82, 2.24) is 20.0 Å². The maximum Gasteiger partial charge on any atom is 0.317 e. The Balaban J connectivity index is 1.42. The van der Waals surface area contributed by atoms with Gasteiger partial charge in [0.1, 0.15) is 5.82 Å². The monoisotopic (exact) mass is 430 g/mol. The zero-order valence-corrected chi connectivity index (χ0v) is 19.0. The Hall–Kier alpha value is -2.15. The predicted molar refractivity (Wildman–Crippen MR) is 118 cm³/mol. The summed E-state index contributed by atoms with van der Waals surface area (Å²) in [5.41, 5.74) is 0.393. The first-order valence-electron chi connectivity index (χ1n) is 11.5. The third kappa shape index (κ3) is 4.04. The third-order valence-corrected chi connectivity index (χ3v) is 7.63. The van der Waals surface area contributed by atoms with Crippen molar-refractivity contribution in [2.24, 2.45) is 16.7 Å². The van der Waals surface area contributed by atoms with E-state index in [9.17, 15) is 14.0 Å². The van der Waals surface area contributed by atoms with Crippen LogP contribution in [0.15, 0.2) is 24.3 Å². The van der Waals surface area contributed by atoms with Gasteiger partial charge in [-0.05, 0) is 42.9 Å². The molecule has 3 amide bonds. The van der Waals surface area contributed by atoms with Gasteiger partial charge in [0.05, 0.1) is 5.41 Å². The number of nitrogens with one attached hydrogen (secondary N) is 1. The van der Waals surface area contributed by atoms with Crippen LogP contribution in [0.1, 0.15) is 38.7 Å². The Morgan fingerprint density at radius 3 is 2.52 bits per heavy atom. The highest BCUT2D eigenvalue weighted by Gasteiger charge is 2.64. The zero-order chi connectivity index (χ0) is 22.2. The Labute approximate surface area is 184 Å². The molecule has 0 radical (unpaired) electrons. The maximum absolute atomic E-state index is 13.4. The molecule has 3 fully saturated rings. The molecule has 1 aromatic rings. The fraction of sp³-hybridized carbons (Fsp3) is 0.667. The molecule has 1 aromatic carbocycles. The number of carbonyl (C=O) groups excluding carboxylic acids is 2. The first-order valence-corrected chi connectivity index (χ1v) is 11.5. The number of benzene rings is 1. The van der Waals surface area contributed by atoms with Crippen LogP contribution in [0.3, 0.4) is 0 Å². The van der Waals surface area contributed by atoms with Crippen molar-refractivity contribution in [3.8, 4) is 0 Å². The normalized spacial score (nSPS) is 25.9. The summed E-state index contributed by atoms with van der Waals surface area (Å²) in [5, 5.41) is 2.92. The maximum atomic E-state index is 13.4. The Morgan fingerprint density at radius 2 is 1.90 bits per heavy atom. The van der Waals surface area contributed by atoms with E-state index < -0.39 is 0 Å². The first-order chi connectivity index (χ1) is 14.7. The largest absolute Gasteiger partial charge is 0.345 e. The molecule has 2 spiro atoms. The number of hydrogen-bond donors (Lipinski definition) is 1. The molecule has 3 aliphatic heterocycles. The van der Waals surface area contributed by atoms with Gasteiger partial charge in [-0.15, -0.1) is 0 Å². The molecule has 31 heavy (non-hydrogen) atoms. The van der Waals surface area contributed by atoms with E-state index in [4.69, 9.17) is 0 Å². The summed E-state index contributed by atoms with van der Waals surface area (Å²) < 4.78 is 13.4. The molecule has 1 N–H and O–H groups in total. The van der Waals surface area contributed by atoms with Gasteiger partial charge in [-0.3, -0.25) is 4.79 Å². The van der Waals surface area contributed by atoms with E-state index in [2.05, 4.69) is 24.1 Å². The summed E-state index contributed by atoms with van der Waals surface area (Å²) in [6.45, 7) is 9.72. The van der Waals surface area contributed by atoms with Crippen molar-refractivity contribution in [1.29, 1.82) is 0 Å². The zero-order valence-electron chi connectivity index (χ0n) is 19.0. The van der Waals surface area contributed by atoms with E-state index in [1.807, 2.05) is 22.9 Å². The average molecular weight is 431 g/mol. The van der Waals surface area contributed by atoms with E-state index in [-0.39, 0.29) is 22.7 Å². The second-order valence-corrected chi connectivity index (χ2v) is 10.2. The Morgan fingerprint density at radius 1 is 1.16 bits per heavy atom. The highest BCUT2D eigenvalue weighted by molar-refractivity contribution is 5.86. The van der Waals surface area contributed by atoms with Crippen LogP contribution in [-0.2, 0) is 11.3 Å². The first kappa shape index (κ1) is 22.1. The van der Waals surface area contributed by atoms with Gasteiger partial charge in [-0.2, -0.15) is 0 Å². The Kier molecular flexibility index (Phi) is 5.99. The van der Waals surface area contributed by atoms with Crippen LogP contribution in [0.4, 0.5) is 9.18 Å². The number of amides is 3. The molecule has 0 unspecified atom stereocenters. The predicted octanol–water partition coefficient (Wildman–Crippen LogP) is 2.94. The van der Waals surface area contributed by atoms with Gasteiger partial charge in [0.25, 0.3) is 0 Å². The lowest BCUT2D eigenvalue weighted by molar-refractivity contribution is -0.141. The summed E-state index contributed by atoms with van der Waals surface area (Å²) in [5.74, 6) is 0.563. The van der Waals surface area contributed by atoms with Gasteiger partial charge < -0.3 is 20.0 Å². The number of piperidine rings is 1. The van der Waals surface area contributed by atoms with Crippen molar-refractivity contribution >= 4 is 11.9 Å². The SMILES string of the molecule is CC(C)CN1CC2(CCN(C(=O)NCc3cccc(F)c3)CC2)[C@]2(CCN(C)C2=O)C1. The molecule has 170 valence electrons. The summed E-state index contributed by atoms with van der Waals surface area (Å²) in [6.07, 6.45) is 2.63. The van der Waals surface area contributed by atoms with Crippen LogP contribution in [-0.4, -0.2) is 73.0 Å². The van der Waals surface area contributed by atoms with E-state index >= 15 is 0 Å². The second kappa shape index (κ2) is 8.41. The number of rotatable bonds is 4. The van der Waals surface area contributed by atoms with Crippen LogP contribution < -0.4 is 5.32 Å². The van der Waals surface area contributed by atoms with Crippen LogP contribution in [0.5, 0.6) is 0 Å². The summed E-state index contributed by atoms with van der Waals surface area (Å²) in [7, 11) is 1.92. The van der Waals surface area contributed by atoms with E-state index in [0.717, 1.165) is 51.0 Å². The van der Waals surface area contributed by atoms with Crippen LogP contribution in [0.2, 0.25) is 0 Å². The molecule has 0 saturated carbocycles. The molecule has 3 heterocycles. The molecular formula is C24H35FN4O2. The second-order valence-electron chi connectivity index (χ2n) is 10.2. The number of nitrogens with zero attached hydrogens (tertiary/aromatic N) is 3. The van der Waals surface area contributed by atoms with E-state index in [1.165, 1.54) is 12.1 Å².